The van der Waals surface area contributed by atoms with Gasteiger partial charge in [0.05, 0.1) is 12.1 Å². The number of nitriles is 1. The van der Waals surface area contributed by atoms with Crippen LogP contribution < -0.4 is 5.32 Å². The number of nitrogens with zero attached hydrogens (tertiary/aromatic N) is 1. The van der Waals surface area contributed by atoms with Gasteiger partial charge in [-0.2, -0.15) is 5.26 Å². The second-order valence-electron chi connectivity index (χ2n) is 3.04. The molecule has 2 rings (SSSR count). The summed E-state index contributed by atoms with van der Waals surface area (Å²) in [5.74, 6) is 0.681. The fraction of sp³-hybridized carbons (Fsp3) is 0.857. The smallest absolute Gasteiger partial charge is 0.0984 e. The number of nitrogens with one attached hydrogen (secondary N) is 1. The first-order valence-electron chi connectivity index (χ1n) is 3.56. The third kappa shape index (κ3) is 0.650. The Labute approximate surface area is 54.9 Å². The van der Waals surface area contributed by atoms with E-state index in [-0.39, 0.29) is 6.04 Å². The minimum absolute atomic E-state index is 0.184. The molecule has 9 heavy (non-hydrogen) atoms. The quantitative estimate of drug-likeness (QED) is 0.512. The van der Waals surface area contributed by atoms with Crippen LogP contribution in [0.2, 0.25) is 0 Å². The standard InChI is InChI=1S/C7H10N2/c8-4-7-5-1-2-6(3-5)9-7/h5-7,9H,1-3H2/t5?,6?,7-/m1/s1. The van der Waals surface area contributed by atoms with E-state index in [9.17, 15) is 0 Å². The molecular weight excluding hydrogens is 112 g/mol. The molecule has 2 unspecified atom stereocenters. The van der Waals surface area contributed by atoms with Crippen LogP contribution in [0, 0.1) is 17.2 Å². The average Bonchev–Trinajstić information content (AvgIpc) is 2.45. The predicted octanol–water partition coefficient (Wildman–Crippen LogP) is 0.650. The van der Waals surface area contributed by atoms with Gasteiger partial charge in [0.1, 0.15) is 0 Å². The van der Waals surface area contributed by atoms with Crippen LogP contribution >= 0.6 is 0 Å². The average molecular weight is 122 g/mol. The van der Waals surface area contributed by atoms with Crippen molar-refractivity contribution in [3.63, 3.8) is 0 Å². The van der Waals surface area contributed by atoms with Crippen molar-refractivity contribution in [1.82, 2.24) is 5.32 Å². The summed E-state index contributed by atoms with van der Waals surface area (Å²) in [7, 11) is 0. The Morgan fingerprint density at radius 2 is 2.33 bits per heavy atom. The fourth-order valence-electron chi connectivity index (χ4n) is 2.00. The lowest BCUT2D eigenvalue weighted by molar-refractivity contribution is 0.443. The minimum Gasteiger partial charge on any atom is -0.299 e. The van der Waals surface area contributed by atoms with E-state index in [0.29, 0.717) is 12.0 Å². The third-order valence-corrected chi connectivity index (χ3v) is 2.50. The molecule has 0 aromatic rings. The van der Waals surface area contributed by atoms with Gasteiger partial charge in [0.15, 0.2) is 0 Å². The molecule has 0 radical (unpaired) electrons. The lowest BCUT2D eigenvalue weighted by atomic mass is 10.0. The van der Waals surface area contributed by atoms with Gasteiger partial charge in [0, 0.05) is 6.04 Å². The maximum absolute atomic E-state index is 8.58. The fourth-order valence-corrected chi connectivity index (χ4v) is 2.00. The van der Waals surface area contributed by atoms with Gasteiger partial charge in [-0.05, 0) is 25.2 Å². The maximum atomic E-state index is 8.58. The van der Waals surface area contributed by atoms with Gasteiger partial charge < -0.3 is 0 Å². The Hall–Kier alpha value is -0.550. The topological polar surface area (TPSA) is 35.8 Å². The molecular formula is C7H10N2. The molecule has 2 bridgehead atoms. The monoisotopic (exact) mass is 122 g/mol. The minimum atomic E-state index is 0.184. The van der Waals surface area contributed by atoms with Crippen LogP contribution in [-0.2, 0) is 0 Å². The van der Waals surface area contributed by atoms with E-state index in [1.165, 1.54) is 19.3 Å². The van der Waals surface area contributed by atoms with Gasteiger partial charge >= 0.3 is 0 Å². The summed E-state index contributed by atoms with van der Waals surface area (Å²) in [6, 6.07) is 3.15. The highest BCUT2D eigenvalue weighted by molar-refractivity contribution is 5.06. The summed E-state index contributed by atoms with van der Waals surface area (Å²) < 4.78 is 0. The van der Waals surface area contributed by atoms with Gasteiger partial charge in [0.2, 0.25) is 0 Å². The first-order chi connectivity index (χ1) is 4.40. The van der Waals surface area contributed by atoms with Crippen molar-refractivity contribution in [2.24, 2.45) is 5.92 Å². The Bertz CT molecular complexity index is 159. The Morgan fingerprint density at radius 1 is 1.44 bits per heavy atom. The lowest BCUT2D eigenvalue weighted by Gasteiger charge is -2.15. The lowest BCUT2D eigenvalue weighted by Crippen LogP contribution is -2.33. The van der Waals surface area contributed by atoms with E-state index in [4.69, 9.17) is 5.26 Å². The molecule has 0 aromatic heterocycles. The molecule has 1 heterocycles. The van der Waals surface area contributed by atoms with Gasteiger partial charge in [-0.15, -0.1) is 0 Å². The van der Waals surface area contributed by atoms with E-state index < -0.39 is 0 Å². The Kier molecular flexibility index (Phi) is 1.000. The van der Waals surface area contributed by atoms with E-state index in [1.54, 1.807) is 0 Å². The molecule has 3 atom stereocenters. The molecule has 0 amide bonds. The SMILES string of the molecule is N#C[C@H]1NC2CCC1C2. The zero-order chi connectivity index (χ0) is 6.27. The first kappa shape index (κ1) is 5.25. The molecule has 1 aliphatic heterocycles. The van der Waals surface area contributed by atoms with Gasteiger partial charge in [-0.1, -0.05) is 0 Å². The van der Waals surface area contributed by atoms with Crippen molar-refractivity contribution >= 4 is 0 Å². The van der Waals surface area contributed by atoms with E-state index in [0.717, 1.165) is 0 Å². The molecule has 1 saturated carbocycles. The summed E-state index contributed by atoms with van der Waals surface area (Å²) in [6.07, 6.45) is 3.82. The van der Waals surface area contributed by atoms with Crippen LogP contribution in [-0.4, -0.2) is 12.1 Å². The molecule has 48 valence electrons. The van der Waals surface area contributed by atoms with Crippen molar-refractivity contribution in [3.05, 3.63) is 0 Å². The van der Waals surface area contributed by atoms with Crippen LogP contribution in [0.5, 0.6) is 0 Å². The van der Waals surface area contributed by atoms with Crippen LogP contribution in [0.4, 0.5) is 0 Å². The largest absolute Gasteiger partial charge is 0.299 e. The molecule has 1 N–H and O–H groups in total. The van der Waals surface area contributed by atoms with Crippen LogP contribution in [0.3, 0.4) is 0 Å². The number of rotatable bonds is 0. The third-order valence-electron chi connectivity index (χ3n) is 2.50. The molecule has 2 heteroatoms. The second-order valence-corrected chi connectivity index (χ2v) is 3.04. The van der Waals surface area contributed by atoms with Crippen molar-refractivity contribution in [2.45, 2.75) is 31.3 Å². The summed E-state index contributed by atoms with van der Waals surface area (Å²) in [5, 5.41) is 11.9. The van der Waals surface area contributed by atoms with E-state index in [1.807, 2.05) is 0 Å². The molecule has 2 aliphatic rings. The summed E-state index contributed by atoms with van der Waals surface area (Å²) in [5.41, 5.74) is 0. The van der Waals surface area contributed by atoms with Gasteiger partial charge in [-0.25, -0.2) is 0 Å². The molecule has 1 saturated heterocycles. The zero-order valence-corrected chi connectivity index (χ0v) is 5.30. The van der Waals surface area contributed by atoms with Crippen molar-refractivity contribution in [2.75, 3.05) is 0 Å². The number of hydrogen-bond donors (Lipinski definition) is 1. The van der Waals surface area contributed by atoms with Gasteiger partial charge in [-0.3, -0.25) is 5.32 Å². The number of piperidine rings is 1. The summed E-state index contributed by atoms with van der Waals surface area (Å²) in [4.78, 5) is 0. The van der Waals surface area contributed by atoms with E-state index >= 15 is 0 Å². The van der Waals surface area contributed by atoms with Crippen molar-refractivity contribution in [3.8, 4) is 6.07 Å². The molecule has 0 spiro atoms. The number of fused-ring (bicyclic) bond motifs is 2. The summed E-state index contributed by atoms with van der Waals surface area (Å²) in [6.45, 7) is 0. The zero-order valence-electron chi connectivity index (χ0n) is 5.30. The maximum Gasteiger partial charge on any atom is 0.0984 e. The van der Waals surface area contributed by atoms with E-state index in [2.05, 4.69) is 11.4 Å². The molecule has 2 fully saturated rings. The second kappa shape index (κ2) is 1.71. The molecule has 2 nitrogen and oxygen atoms in total. The van der Waals surface area contributed by atoms with Crippen molar-refractivity contribution < 1.29 is 0 Å². The Morgan fingerprint density at radius 3 is 2.67 bits per heavy atom. The molecule has 1 aliphatic carbocycles. The number of hydrogen-bond acceptors (Lipinski definition) is 2. The summed E-state index contributed by atoms with van der Waals surface area (Å²) >= 11 is 0. The van der Waals surface area contributed by atoms with Crippen molar-refractivity contribution in [1.29, 1.82) is 5.26 Å². The van der Waals surface area contributed by atoms with Crippen LogP contribution in [0.15, 0.2) is 0 Å². The highest BCUT2D eigenvalue weighted by Crippen LogP contribution is 2.34. The van der Waals surface area contributed by atoms with Gasteiger partial charge in [0.25, 0.3) is 0 Å². The predicted molar refractivity (Wildman–Crippen MR) is 33.7 cm³/mol. The molecule has 0 aromatic carbocycles. The van der Waals surface area contributed by atoms with Crippen LogP contribution in [0.25, 0.3) is 0 Å². The highest BCUT2D eigenvalue weighted by atomic mass is 15.0. The highest BCUT2D eigenvalue weighted by Gasteiger charge is 2.38. The van der Waals surface area contributed by atoms with Crippen LogP contribution in [0.1, 0.15) is 19.3 Å². The Balaban J connectivity index is 2.12. The normalized spacial score (nSPS) is 47.2. The first-order valence-corrected chi connectivity index (χ1v) is 3.56.